The van der Waals surface area contributed by atoms with Gasteiger partial charge in [-0.05, 0) is 23.9 Å². The number of carbonyl (C=O) groups is 1. The lowest BCUT2D eigenvalue weighted by molar-refractivity contribution is 0.0983. The van der Waals surface area contributed by atoms with Crippen LogP contribution < -0.4 is 0 Å². The molecule has 2 aromatic rings. The zero-order valence-electron chi connectivity index (χ0n) is 9.16. The standard InChI is InChI=1S/C14H13FO/c1-2-5-14(16)12-8-9-13(15)11-7-4-3-6-10(11)12/h3-4,6-9H,2,5H2,1H3. The molecule has 0 amide bonds. The Balaban J connectivity index is 2.63. The van der Waals surface area contributed by atoms with Gasteiger partial charge in [0.2, 0.25) is 0 Å². The van der Waals surface area contributed by atoms with E-state index in [1.165, 1.54) is 6.07 Å². The van der Waals surface area contributed by atoms with Crippen LogP contribution in [0.5, 0.6) is 0 Å². The summed E-state index contributed by atoms with van der Waals surface area (Å²) < 4.78 is 13.5. The number of carbonyl (C=O) groups excluding carboxylic acids is 1. The van der Waals surface area contributed by atoms with E-state index in [1.54, 1.807) is 24.3 Å². The number of Topliss-reactive ketones (excluding diaryl/α,β-unsaturated/α-hetero) is 1. The molecule has 0 saturated heterocycles. The zero-order chi connectivity index (χ0) is 11.5. The van der Waals surface area contributed by atoms with Crippen molar-refractivity contribution < 1.29 is 9.18 Å². The maximum atomic E-state index is 13.5. The molecule has 2 aromatic carbocycles. The van der Waals surface area contributed by atoms with E-state index in [4.69, 9.17) is 0 Å². The molecule has 0 heterocycles. The van der Waals surface area contributed by atoms with Gasteiger partial charge in [0.05, 0.1) is 0 Å². The molecule has 82 valence electrons. The molecule has 1 nitrogen and oxygen atoms in total. The van der Waals surface area contributed by atoms with Gasteiger partial charge in [0.25, 0.3) is 0 Å². The molecule has 0 bridgehead atoms. The minimum absolute atomic E-state index is 0.0821. The SMILES string of the molecule is CCCC(=O)c1ccc(F)c2ccccc12. The number of hydrogen-bond acceptors (Lipinski definition) is 1. The Morgan fingerprint density at radius 1 is 1.12 bits per heavy atom. The van der Waals surface area contributed by atoms with Crippen LogP contribution in [0.2, 0.25) is 0 Å². The quantitative estimate of drug-likeness (QED) is 0.710. The lowest BCUT2D eigenvalue weighted by Gasteiger charge is -2.05. The maximum Gasteiger partial charge on any atom is 0.163 e. The van der Waals surface area contributed by atoms with Crippen molar-refractivity contribution in [1.29, 1.82) is 0 Å². The van der Waals surface area contributed by atoms with E-state index in [0.717, 1.165) is 6.42 Å². The van der Waals surface area contributed by atoms with Gasteiger partial charge in [0.15, 0.2) is 5.78 Å². The summed E-state index contributed by atoms with van der Waals surface area (Å²) in [7, 11) is 0. The van der Waals surface area contributed by atoms with E-state index in [1.807, 2.05) is 13.0 Å². The lowest BCUT2D eigenvalue weighted by Crippen LogP contribution is -1.99. The summed E-state index contributed by atoms with van der Waals surface area (Å²) in [4.78, 5) is 11.8. The van der Waals surface area contributed by atoms with Gasteiger partial charge in [-0.15, -0.1) is 0 Å². The molecular weight excluding hydrogens is 203 g/mol. The van der Waals surface area contributed by atoms with Crippen LogP contribution in [0.1, 0.15) is 30.1 Å². The van der Waals surface area contributed by atoms with E-state index in [0.29, 0.717) is 22.8 Å². The van der Waals surface area contributed by atoms with Crippen LogP contribution in [-0.4, -0.2) is 5.78 Å². The van der Waals surface area contributed by atoms with Crippen molar-refractivity contribution in [3.05, 3.63) is 47.8 Å². The summed E-state index contributed by atoms with van der Waals surface area (Å²) in [5.41, 5.74) is 0.624. The van der Waals surface area contributed by atoms with Crippen LogP contribution in [-0.2, 0) is 0 Å². The fraction of sp³-hybridized carbons (Fsp3) is 0.214. The number of fused-ring (bicyclic) bond motifs is 1. The zero-order valence-corrected chi connectivity index (χ0v) is 9.16. The predicted molar refractivity (Wildman–Crippen MR) is 63.1 cm³/mol. The van der Waals surface area contributed by atoms with E-state index in [9.17, 15) is 9.18 Å². The Kier molecular flexibility index (Phi) is 3.00. The summed E-state index contributed by atoms with van der Waals surface area (Å²) >= 11 is 0. The maximum absolute atomic E-state index is 13.5. The molecule has 0 fully saturated rings. The molecule has 0 aliphatic rings. The molecule has 0 aliphatic carbocycles. The van der Waals surface area contributed by atoms with E-state index in [2.05, 4.69) is 0 Å². The summed E-state index contributed by atoms with van der Waals surface area (Å²) in [5, 5.41) is 1.23. The van der Waals surface area contributed by atoms with Gasteiger partial charge in [-0.2, -0.15) is 0 Å². The van der Waals surface area contributed by atoms with Gasteiger partial charge < -0.3 is 0 Å². The minimum Gasteiger partial charge on any atom is -0.294 e. The second-order valence-corrected chi connectivity index (χ2v) is 3.81. The number of halogens is 1. The third kappa shape index (κ3) is 1.83. The Hall–Kier alpha value is -1.70. The molecule has 0 aromatic heterocycles. The normalized spacial score (nSPS) is 10.6. The van der Waals surface area contributed by atoms with Crippen LogP contribution in [0.25, 0.3) is 10.8 Å². The third-order valence-corrected chi connectivity index (χ3v) is 2.65. The van der Waals surface area contributed by atoms with Gasteiger partial charge in [-0.25, -0.2) is 4.39 Å². The highest BCUT2D eigenvalue weighted by atomic mass is 19.1. The smallest absolute Gasteiger partial charge is 0.163 e. The molecule has 0 saturated carbocycles. The average molecular weight is 216 g/mol. The van der Waals surface area contributed by atoms with Crippen molar-refractivity contribution in [2.45, 2.75) is 19.8 Å². The monoisotopic (exact) mass is 216 g/mol. The fourth-order valence-electron chi connectivity index (χ4n) is 1.87. The van der Waals surface area contributed by atoms with Crippen molar-refractivity contribution in [1.82, 2.24) is 0 Å². The Morgan fingerprint density at radius 2 is 1.81 bits per heavy atom. The summed E-state index contributed by atoms with van der Waals surface area (Å²) in [6.45, 7) is 1.96. The molecule has 2 heteroatoms. The van der Waals surface area contributed by atoms with Crippen LogP contribution in [0.3, 0.4) is 0 Å². The largest absolute Gasteiger partial charge is 0.294 e. The summed E-state index contributed by atoms with van der Waals surface area (Å²) in [6, 6.07) is 10.0. The van der Waals surface area contributed by atoms with Crippen molar-refractivity contribution in [3.63, 3.8) is 0 Å². The van der Waals surface area contributed by atoms with Crippen LogP contribution in [0.15, 0.2) is 36.4 Å². The van der Waals surface area contributed by atoms with Crippen LogP contribution in [0, 0.1) is 5.82 Å². The highest BCUT2D eigenvalue weighted by molar-refractivity contribution is 6.08. The molecule has 0 radical (unpaired) electrons. The highest BCUT2D eigenvalue weighted by Crippen LogP contribution is 2.23. The number of hydrogen-bond donors (Lipinski definition) is 0. The first-order valence-electron chi connectivity index (χ1n) is 5.44. The van der Waals surface area contributed by atoms with E-state index in [-0.39, 0.29) is 11.6 Å². The van der Waals surface area contributed by atoms with Crippen LogP contribution >= 0.6 is 0 Å². The third-order valence-electron chi connectivity index (χ3n) is 2.65. The molecule has 0 unspecified atom stereocenters. The Labute approximate surface area is 93.9 Å². The van der Waals surface area contributed by atoms with Crippen molar-refractivity contribution in [2.24, 2.45) is 0 Å². The van der Waals surface area contributed by atoms with E-state index < -0.39 is 0 Å². The first-order chi connectivity index (χ1) is 7.74. The molecule has 16 heavy (non-hydrogen) atoms. The number of ketones is 1. The van der Waals surface area contributed by atoms with Gasteiger partial charge in [-0.1, -0.05) is 31.2 Å². The lowest BCUT2D eigenvalue weighted by atomic mass is 9.99. The fourth-order valence-corrected chi connectivity index (χ4v) is 1.87. The molecule has 0 N–H and O–H groups in total. The molecule has 0 spiro atoms. The van der Waals surface area contributed by atoms with Crippen molar-refractivity contribution in [2.75, 3.05) is 0 Å². The summed E-state index contributed by atoms with van der Waals surface area (Å²) in [6.07, 6.45) is 1.32. The topological polar surface area (TPSA) is 17.1 Å². The molecular formula is C14H13FO. The molecule has 0 atom stereocenters. The second kappa shape index (κ2) is 4.44. The van der Waals surface area contributed by atoms with Gasteiger partial charge >= 0.3 is 0 Å². The Bertz CT molecular complexity index is 531. The van der Waals surface area contributed by atoms with Crippen molar-refractivity contribution >= 4 is 16.6 Å². The van der Waals surface area contributed by atoms with Crippen LogP contribution in [0.4, 0.5) is 4.39 Å². The second-order valence-electron chi connectivity index (χ2n) is 3.81. The van der Waals surface area contributed by atoms with Crippen molar-refractivity contribution in [3.8, 4) is 0 Å². The minimum atomic E-state index is -0.274. The number of rotatable bonds is 3. The van der Waals surface area contributed by atoms with Gasteiger partial charge in [-0.3, -0.25) is 4.79 Å². The van der Waals surface area contributed by atoms with E-state index >= 15 is 0 Å². The van der Waals surface area contributed by atoms with Gasteiger partial charge in [0.1, 0.15) is 5.82 Å². The predicted octanol–water partition coefficient (Wildman–Crippen LogP) is 3.96. The first-order valence-corrected chi connectivity index (χ1v) is 5.44. The average Bonchev–Trinajstić information content (AvgIpc) is 2.30. The molecule has 0 aliphatic heterocycles. The summed E-state index contributed by atoms with van der Waals surface area (Å²) in [5.74, 6) is -0.192. The molecule has 2 rings (SSSR count). The Morgan fingerprint density at radius 3 is 2.50 bits per heavy atom. The highest BCUT2D eigenvalue weighted by Gasteiger charge is 2.10. The number of benzene rings is 2. The first kappa shape index (κ1) is 10.8. The van der Waals surface area contributed by atoms with Gasteiger partial charge in [0, 0.05) is 17.4 Å².